The first-order valence-corrected chi connectivity index (χ1v) is 21.3. The van der Waals surface area contributed by atoms with Gasteiger partial charge in [-0.2, -0.15) is 0 Å². The molecule has 58 heavy (non-hydrogen) atoms. The van der Waals surface area contributed by atoms with Gasteiger partial charge in [0, 0.05) is 50.5 Å². The van der Waals surface area contributed by atoms with Crippen LogP contribution < -0.4 is 16.4 Å². The van der Waals surface area contributed by atoms with Crippen LogP contribution in [0.25, 0.3) is 11.1 Å². The zero-order valence-electron chi connectivity index (χ0n) is 34.6. The number of hydrogen-bond acceptors (Lipinski definition) is 7. The maximum atomic E-state index is 12.7. The summed E-state index contributed by atoms with van der Waals surface area (Å²) in [5.74, 6) is -0.00902. The van der Waals surface area contributed by atoms with Gasteiger partial charge >= 0.3 is 0 Å². The van der Waals surface area contributed by atoms with Crippen molar-refractivity contribution in [3.63, 3.8) is 0 Å². The predicted molar refractivity (Wildman–Crippen MR) is 230 cm³/mol. The van der Waals surface area contributed by atoms with Crippen molar-refractivity contribution in [3.8, 4) is 11.1 Å². The third kappa shape index (κ3) is 10.9. The summed E-state index contributed by atoms with van der Waals surface area (Å²) in [6.07, 6.45) is 8.20. The standard InChI is InChI=1S/C49H62N4O5/c1-48(2)27-40-28-49(3,32-48)33-53(40)30-41-26-44(37-19-17-34(31-54)18-20-37)58-47(57-41)38-23-21-36(22-24-38)39-12-10-11-35(25-39)29-51-45(55)15-6-4-5-7-16-46(56)52-43-14-9-8-13-42(43)50/h8-14,17-25,40-41,44,47,54H,4-7,15-16,26-33,50H2,1-3H3,(H,51,55)(H,52,56)/t40?,41-,44+,47+,49?/m1/s1. The highest BCUT2D eigenvalue weighted by Crippen LogP contribution is 2.53. The minimum absolute atomic E-state index is 0.0215. The summed E-state index contributed by atoms with van der Waals surface area (Å²) in [6.45, 7) is 9.82. The molecule has 308 valence electrons. The molecule has 5 atom stereocenters. The molecular weight excluding hydrogens is 725 g/mol. The molecule has 3 aliphatic rings. The number of anilines is 2. The summed E-state index contributed by atoms with van der Waals surface area (Å²) in [6, 6.07) is 32.7. The number of rotatable bonds is 16. The lowest BCUT2D eigenvalue weighted by molar-refractivity contribution is -0.253. The van der Waals surface area contributed by atoms with Gasteiger partial charge in [-0.3, -0.25) is 14.5 Å². The van der Waals surface area contributed by atoms with E-state index in [1.54, 1.807) is 12.1 Å². The van der Waals surface area contributed by atoms with Crippen molar-refractivity contribution < 1.29 is 24.2 Å². The van der Waals surface area contributed by atoms with Crippen molar-refractivity contribution in [2.75, 3.05) is 24.1 Å². The third-order valence-corrected chi connectivity index (χ3v) is 12.3. The van der Waals surface area contributed by atoms with E-state index in [9.17, 15) is 14.7 Å². The number of nitrogen functional groups attached to an aromatic ring is 1. The van der Waals surface area contributed by atoms with E-state index in [0.29, 0.717) is 47.6 Å². The van der Waals surface area contributed by atoms with Crippen LogP contribution in [0, 0.1) is 10.8 Å². The summed E-state index contributed by atoms with van der Waals surface area (Å²) < 4.78 is 13.5. The minimum Gasteiger partial charge on any atom is -0.397 e. The molecule has 3 fully saturated rings. The number of benzene rings is 4. The molecule has 0 aromatic heterocycles. The number of nitrogens with zero attached hydrogens (tertiary/aromatic N) is 1. The molecule has 1 saturated carbocycles. The molecule has 9 nitrogen and oxygen atoms in total. The fraction of sp³-hybridized carbons (Fsp3) is 0.469. The maximum Gasteiger partial charge on any atom is 0.224 e. The Labute approximate surface area is 344 Å². The first-order chi connectivity index (χ1) is 27.9. The van der Waals surface area contributed by atoms with Gasteiger partial charge in [-0.1, -0.05) is 112 Å². The molecule has 2 bridgehead atoms. The Kier molecular flexibility index (Phi) is 13.3. The number of amides is 2. The lowest BCUT2D eigenvalue weighted by Gasteiger charge is -2.41. The Morgan fingerprint density at radius 1 is 0.793 bits per heavy atom. The maximum absolute atomic E-state index is 12.7. The number of unbranched alkanes of at least 4 members (excludes halogenated alkanes) is 3. The quantitative estimate of drug-likeness (QED) is 0.0659. The van der Waals surface area contributed by atoms with Crippen molar-refractivity contribution in [1.29, 1.82) is 0 Å². The fourth-order valence-corrected chi connectivity index (χ4v) is 9.82. The van der Waals surface area contributed by atoms with Crippen molar-refractivity contribution in [2.45, 2.75) is 123 Å². The van der Waals surface area contributed by atoms with Crippen LogP contribution in [0.4, 0.5) is 11.4 Å². The molecule has 9 heteroatoms. The molecule has 1 aliphatic carbocycles. The average Bonchev–Trinajstić information content (AvgIpc) is 3.45. The number of nitrogens with two attached hydrogens (primary N) is 1. The summed E-state index contributed by atoms with van der Waals surface area (Å²) in [4.78, 5) is 27.6. The first-order valence-electron chi connectivity index (χ1n) is 21.3. The number of aliphatic hydroxyl groups excluding tert-OH is 1. The van der Waals surface area contributed by atoms with E-state index in [-0.39, 0.29) is 30.6 Å². The summed E-state index contributed by atoms with van der Waals surface area (Å²) >= 11 is 0. The second-order valence-corrected chi connectivity index (χ2v) is 18.1. The van der Waals surface area contributed by atoms with Crippen molar-refractivity contribution in [2.24, 2.45) is 10.8 Å². The largest absolute Gasteiger partial charge is 0.397 e. The normalized spacial score (nSPS) is 24.0. The van der Waals surface area contributed by atoms with Crippen molar-refractivity contribution in [1.82, 2.24) is 10.2 Å². The lowest BCUT2D eigenvalue weighted by Crippen LogP contribution is -2.42. The van der Waals surface area contributed by atoms with Gasteiger partial charge in [0.25, 0.3) is 0 Å². The molecule has 0 spiro atoms. The Hall–Kier alpha value is -4.54. The molecule has 4 aromatic rings. The number of nitrogens with one attached hydrogen (secondary N) is 2. The van der Waals surface area contributed by atoms with Gasteiger partial charge in [0.15, 0.2) is 6.29 Å². The van der Waals surface area contributed by atoms with Crippen molar-refractivity contribution >= 4 is 23.2 Å². The number of carbonyl (C=O) groups is 2. The molecule has 2 amide bonds. The topological polar surface area (TPSA) is 126 Å². The van der Waals surface area contributed by atoms with Crippen LogP contribution in [-0.4, -0.2) is 47.1 Å². The highest BCUT2D eigenvalue weighted by Gasteiger charge is 2.50. The first kappa shape index (κ1) is 41.6. The number of para-hydroxylation sites is 2. The van der Waals surface area contributed by atoms with Gasteiger partial charge in [0.05, 0.1) is 30.2 Å². The number of ether oxygens (including phenoxy) is 2. The number of fused-ring (bicyclic) bond motifs is 2. The summed E-state index contributed by atoms with van der Waals surface area (Å²) in [5, 5.41) is 15.6. The highest BCUT2D eigenvalue weighted by molar-refractivity contribution is 5.93. The lowest BCUT2D eigenvalue weighted by atomic mass is 9.65. The molecule has 5 N–H and O–H groups in total. The van der Waals surface area contributed by atoms with Crippen LogP contribution in [0.2, 0.25) is 0 Å². The molecule has 2 aliphatic heterocycles. The Morgan fingerprint density at radius 3 is 2.26 bits per heavy atom. The van der Waals surface area contributed by atoms with Crippen LogP contribution in [-0.2, 0) is 32.2 Å². The highest BCUT2D eigenvalue weighted by atomic mass is 16.7. The second kappa shape index (κ2) is 18.6. The Morgan fingerprint density at radius 2 is 1.52 bits per heavy atom. The van der Waals surface area contributed by atoms with E-state index >= 15 is 0 Å². The third-order valence-electron chi connectivity index (χ3n) is 12.3. The van der Waals surface area contributed by atoms with Crippen LogP contribution in [0.5, 0.6) is 0 Å². The number of carbonyl (C=O) groups excluding carboxylic acids is 2. The smallest absolute Gasteiger partial charge is 0.224 e. The molecule has 2 unspecified atom stereocenters. The van der Waals surface area contributed by atoms with Crippen LogP contribution in [0.3, 0.4) is 0 Å². The average molecular weight is 787 g/mol. The number of likely N-dealkylation sites (tertiary alicyclic amines) is 1. The van der Waals surface area contributed by atoms with E-state index in [1.807, 2.05) is 36.4 Å². The summed E-state index contributed by atoms with van der Waals surface area (Å²) in [5.41, 5.74) is 14.0. The van der Waals surface area contributed by atoms with Crippen LogP contribution >= 0.6 is 0 Å². The molecule has 4 aromatic carbocycles. The SMILES string of the molecule is CC1(C)CC2CC(C)(CN2C[C@H]2C[C@@H](c3ccc(CO)cc3)O[C@@H](c3ccc(-c4cccc(CNC(=O)CCCCCCC(=O)Nc5ccccc5N)c4)cc3)O2)C1. The van der Waals surface area contributed by atoms with Crippen LogP contribution in [0.1, 0.15) is 120 Å². The van der Waals surface area contributed by atoms with E-state index in [0.717, 1.165) is 78.6 Å². The molecule has 7 rings (SSSR count). The zero-order valence-corrected chi connectivity index (χ0v) is 34.6. The van der Waals surface area contributed by atoms with Crippen molar-refractivity contribution in [3.05, 3.63) is 119 Å². The molecular formula is C49H62N4O5. The number of hydrogen-bond donors (Lipinski definition) is 4. The van der Waals surface area contributed by atoms with E-state index in [1.165, 1.54) is 19.3 Å². The minimum atomic E-state index is -0.495. The monoisotopic (exact) mass is 786 g/mol. The van der Waals surface area contributed by atoms with Gasteiger partial charge in [0.2, 0.25) is 11.8 Å². The zero-order chi connectivity index (χ0) is 40.7. The second-order valence-electron chi connectivity index (χ2n) is 18.1. The Bertz CT molecular complexity index is 2000. The van der Waals surface area contributed by atoms with Gasteiger partial charge in [-0.25, -0.2) is 0 Å². The van der Waals surface area contributed by atoms with E-state index in [4.69, 9.17) is 15.2 Å². The van der Waals surface area contributed by atoms with Crippen LogP contribution in [0.15, 0.2) is 97.1 Å². The molecule has 0 radical (unpaired) electrons. The van der Waals surface area contributed by atoms with Gasteiger partial charge in [-0.05, 0) is 89.0 Å². The van der Waals surface area contributed by atoms with Gasteiger partial charge < -0.3 is 30.9 Å². The molecule has 2 heterocycles. The van der Waals surface area contributed by atoms with E-state index < -0.39 is 6.29 Å². The van der Waals surface area contributed by atoms with Gasteiger partial charge in [-0.15, -0.1) is 0 Å². The number of aliphatic hydroxyl groups is 1. The van der Waals surface area contributed by atoms with Gasteiger partial charge in [0.1, 0.15) is 0 Å². The molecule has 2 saturated heterocycles. The van der Waals surface area contributed by atoms with E-state index in [2.05, 4.69) is 84.8 Å². The fourth-order valence-electron chi connectivity index (χ4n) is 9.82. The Balaban J connectivity index is 0.908. The summed E-state index contributed by atoms with van der Waals surface area (Å²) in [7, 11) is 0. The predicted octanol–water partition coefficient (Wildman–Crippen LogP) is 9.47.